The number of methoxy groups -OCH3 is 2. The third-order valence-corrected chi connectivity index (χ3v) is 11.6. The third kappa shape index (κ3) is 7.67. The number of aromatic nitrogens is 6. The Morgan fingerprint density at radius 3 is 1.46 bits per heavy atom. The number of nitrogens with one attached hydrogen (secondary N) is 4. The Labute approximate surface area is 309 Å². The second-order valence-corrected chi connectivity index (χ2v) is 15.6. The highest BCUT2D eigenvalue weighted by Gasteiger charge is 2.39. The van der Waals surface area contributed by atoms with Crippen molar-refractivity contribution in [3.05, 3.63) is 36.4 Å². The van der Waals surface area contributed by atoms with E-state index in [1.807, 2.05) is 40.1 Å². The lowest BCUT2D eigenvalue weighted by molar-refractivity contribution is -0.136. The number of rotatable bonds is 11. The van der Waals surface area contributed by atoms with E-state index in [1.54, 1.807) is 22.2 Å². The Hall–Kier alpha value is -4.84. The second-order valence-electron chi connectivity index (χ2n) is 13.5. The molecule has 278 valence electrons. The van der Waals surface area contributed by atoms with Crippen molar-refractivity contribution in [2.45, 2.75) is 77.5 Å². The first-order valence-electron chi connectivity index (χ1n) is 17.3. The van der Waals surface area contributed by atoms with Crippen molar-refractivity contribution in [1.82, 2.24) is 50.3 Å². The zero-order valence-corrected chi connectivity index (χ0v) is 31.6. The van der Waals surface area contributed by atoms with E-state index in [1.165, 1.54) is 36.9 Å². The molecule has 0 aliphatic carbocycles. The van der Waals surface area contributed by atoms with Crippen LogP contribution in [0.5, 0.6) is 0 Å². The molecule has 2 fully saturated rings. The number of imidazole rings is 2. The maximum absolute atomic E-state index is 13.5. The Morgan fingerprint density at radius 2 is 1.10 bits per heavy atom. The van der Waals surface area contributed by atoms with Gasteiger partial charge in [-0.3, -0.25) is 9.59 Å². The highest BCUT2D eigenvalue weighted by Crippen LogP contribution is 2.39. The fourth-order valence-electron chi connectivity index (χ4n) is 6.64. The molecular formula is C34H44N10O6S2. The minimum atomic E-state index is -0.706. The van der Waals surface area contributed by atoms with Crippen molar-refractivity contribution in [3.63, 3.8) is 0 Å². The zero-order valence-electron chi connectivity index (χ0n) is 30.0. The third-order valence-electron chi connectivity index (χ3n) is 9.39. The van der Waals surface area contributed by atoms with E-state index >= 15 is 0 Å². The van der Waals surface area contributed by atoms with Crippen LogP contribution in [0.3, 0.4) is 0 Å². The van der Waals surface area contributed by atoms with Crippen LogP contribution in [-0.4, -0.2) is 103 Å². The standard InChI is InChI=1S/C34H44N10O6S2/c1-17(2)25(41-33(47)49-5)31(45)43-11-7-9-21(43)27-35-13-19(39-27)29-37-15-23(51-29)24-16-38-30(52-24)20-14-36-28(40-20)22-10-8-12-44(22)32(46)26(18(3)4)42-34(48)50-6/h13-18,21-22,25-26H,7-12H2,1-6H3,(H,35,39)(H,36,40)(H,41,47)(H,42,48)/t21-,22-,25+,26+/m0/s1. The number of H-pyrrole nitrogens is 2. The molecule has 2 aliphatic heterocycles. The van der Waals surface area contributed by atoms with E-state index in [4.69, 9.17) is 9.47 Å². The number of alkyl carbamates (subject to hydrolysis) is 2. The summed E-state index contributed by atoms with van der Waals surface area (Å²) in [6.45, 7) is 8.69. The fraction of sp³-hybridized carbons (Fsp3) is 0.529. The second kappa shape index (κ2) is 15.8. The Morgan fingerprint density at radius 1 is 0.692 bits per heavy atom. The van der Waals surface area contributed by atoms with E-state index < -0.39 is 24.3 Å². The van der Waals surface area contributed by atoms with Gasteiger partial charge in [0.15, 0.2) is 0 Å². The number of thiazole rings is 2. The monoisotopic (exact) mass is 752 g/mol. The summed E-state index contributed by atoms with van der Waals surface area (Å²) in [6, 6.07) is -1.90. The number of amides is 4. The molecule has 16 nitrogen and oxygen atoms in total. The highest BCUT2D eigenvalue weighted by atomic mass is 32.1. The van der Waals surface area contributed by atoms with Gasteiger partial charge in [-0.05, 0) is 37.5 Å². The summed E-state index contributed by atoms with van der Waals surface area (Å²) < 4.78 is 9.49. The lowest BCUT2D eigenvalue weighted by atomic mass is 10.0. The average molecular weight is 753 g/mol. The summed E-state index contributed by atoms with van der Waals surface area (Å²) in [5, 5.41) is 6.86. The maximum Gasteiger partial charge on any atom is 0.407 e. The number of aromatic amines is 2. The molecule has 0 saturated carbocycles. The van der Waals surface area contributed by atoms with Crippen LogP contribution in [0.2, 0.25) is 0 Å². The van der Waals surface area contributed by atoms with Crippen LogP contribution in [0.4, 0.5) is 9.59 Å². The summed E-state index contributed by atoms with van der Waals surface area (Å²) in [5.74, 6) is 0.788. The van der Waals surface area contributed by atoms with Crippen LogP contribution in [0.25, 0.3) is 31.2 Å². The lowest BCUT2D eigenvalue weighted by Crippen LogP contribution is -2.51. The molecule has 4 N–H and O–H groups in total. The van der Waals surface area contributed by atoms with Gasteiger partial charge >= 0.3 is 12.2 Å². The molecule has 4 aromatic rings. The van der Waals surface area contributed by atoms with Crippen LogP contribution >= 0.6 is 22.7 Å². The van der Waals surface area contributed by atoms with Gasteiger partial charge in [0.05, 0.1) is 59.8 Å². The summed E-state index contributed by atoms with van der Waals surface area (Å²) in [4.78, 5) is 81.7. The number of ether oxygens (including phenoxy) is 2. The largest absolute Gasteiger partial charge is 0.453 e. The van der Waals surface area contributed by atoms with E-state index in [0.717, 1.165) is 56.8 Å². The van der Waals surface area contributed by atoms with Gasteiger partial charge in [-0.1, -0.05) is 27.7 Å². The molecule has 0 radical (unpaired) electrons. The Kier molecular flexibility index (Phi) is 11.2. The van der Waals surface area contributed by atoms with Gasteiger partial charge in [0.1, 0.15) is 33.7 Å². The minimum Gasteiger partial charge on any atom is -0.453 e. The molecule has 2 saturated heterocycles. The number of nitrogens with zero attached hydrogens (tertiary/aromatic N) is 6. The smallest absolute Gasteiger partial charge is 0.407 e. The molecular weight excluding hydrogens is 709 g/mol. The van der Waals surface area contributed by atoms with Crippen molar-refractivity contribution < 1.29 is 28.7 Å². The molecule has 2 aliphatic rings. The van der Waals surface area contributed by atoms with Crippen molar-refractivity contribution in [2.24, 2.45) is 11.8 Å². The van der Waals surface area contributed by atoms with Crippen molar-refractivity contribution in [3.8, 4) is 31.2 Å². The molecule has 6 heterocycles. The van der Waals surface area contributed by atoms with Gasteiger partial charge in [0, 0.05) is 25.5 Å². The van der Waals surface area contributed by atoms with Gasteiger partial charge in [0.2, 0.25) is 11.8 Å². The number of carbonyl (C=O) groups excluding carboxylic acids is 4. The first kappa shape index (κ1) is 36.9. The van der Waals surface area contributed by atoms with Gasteiger partial charge in [-0.25, -0.2) is 29.5 Å². The molecule has 18 heteroatoms. The van der Waals surface area contributed by atoms with Gasteiger partial charge in [-0.15, -0.1) is 22.7 Å². The summed E-state index contributed by atoms with van der Waals surface area (Å²) in [6.07, 6.45) is 8.98. The number of hydrogen-bond donors (Lipinski definition) is 4. The normalized spacial score (nSPS) is 18.5. The van der Waals surface area contributed by atoms with Gasteiger partial charge in [-0.2, -0.15) is 0 Å². The van der Waals surface area contributed by atoms with Crippen molar-refractivity contribution in [1.29, 1.82) is 0 Å². The van der Waals surface area contributed by atoms with Gasteiger partial charge in [0.25, 0.3) is 0 Å². The molecule has 4 amide bonds. The van der Waals surface area contributed by atoms with Crippen LogP contribution in [0.1, 0.15) is 77.1 Å². The molecule has 52 heavy (non-hydrogen) atoms. The summed E-state index contributed by atoms with van der Waals surface area (Å²) in [5.41, 5.74) is 1.50. The molecule has 0 spiro atoms. The van der Waals surface area contributed by atoms with E-state index in [9.17, 15) is 19.2 Å². The quantitative estimate of drug-likeness (QED) is 0.159. The molecule has 0 aromatic carbocycles. The van der Waals surface area contributed by atoms with Crippen molar-refractivity contribution in [2.75, 3.05) is 27.3 Å². The maximum atomic E-state index is 13.5. The average Bonchev–Trinajstić information content (AvgIpc) is 3.98. The lowest BCUT2D eigenvalue weighted by Gasteiger charge is -2.29. The first-order valence-corrected chi connectivity index (χ1v) is 18.9. The molecule has 4 aromatic heterocycles. The first-order chi connectivity index (χ1) is 25.0. The van der Waals surface area contributed by atoms with Crippen molar-refractivity contribution >= 4 is 46.7 Å². The van der Waals surface area contributed by atoms with E-state index in [2.05, 4.69) is 40.5 Å². The van der Waals surface area contributed by atoms with Gasteiger partial charge < -0.3 is 39.9 Å². The molecule has 6 rings (SSSR count). The number of likely N-dealkylation sites (tertiary alicyclic amines) is 2. The zero-order chi connectivity index (χ0) is 37.1. The molecule has 4 atom stereocenters. The minimum absolute atomic E-state index is 0.120. The van der Waals surface area contributed by atoms with Crippen LogP contribution in [-0.2, 0) is 19.1 Å². The Bertz CT molecular complexity index is 1760. The SMILES string of the molecule is COC(=O)N[C@@H](C(=O)N1CCC[C@H]1c1ncc(-c2ncc(-c3cnc(-c4cnc([C@@H]5CCCN5C(=O)[C@H](NC(=O)OC)C(C)C)[nH]4)s3)s2)[nH]1)C(C)C. The number of hydrogen-bond acceptors (Lipinski definition) is 12. The summed E-state index contributed by atoms with van der Waals surface area (Å²) in [7, 11) is 2.56. The fourth-order valence-corrected chi connectivity index (χ4v) is 8.46. The summed E-state index contributed by atoms with van der Waals surface area (Å²) >= 11 is 3.01. The predicted octanol–water partition coefficient (Wildman–Crippen LogP) is 5.14. The van der Waals surface area contributed by atoms with Crippen LogP contribution in [0, 0.1) is 11.8 Å². The number of carbonyl (C=O) groups is 4. The predicted molar refractivity (Wildman–Crippen MR) is 194 cm³/mol. The van der Waals surface area contributed by atoms with E-state index in [-0.39, 0.29) is 35.7 Å². The Balaban J connectivity index is 1.13. The van der Waals surface area contributed by atoms with E-state index in [0.29, 0.717) is 24.7 Å². The molecule has 0 unspecified atom stereocenters. The highest BCUT2D eigenvalue weighted by molar-refractivity contribution is 7.24. The molecule has 0 bridgehead atoms. The van der Waals surface area contributed by atoms with Crippen LogP contribution in [0.15, 0.2) is 24.8 Å². The van der Waals surface area contributed by atoms with Crippen LogP contribution < -0.4 is 10.6 Å². The topological polar surface area (TPSA) is 200 Å².